The summed E-state index contributed by atoms with van der Waals surface area (Å²) in [5.41, 5.74) is 0. The summed E-state index contributed by atoms with van der Waals surface area (Å²) in [6, 6.07) is 0. The normalized spacial score (nSPS) is 19.9. The summed E-state index contributed by atoms with van der Waals surface area (Å²) in [5, 5.41) is 2.94. The van der Waals surface area contributed by atoms with Gasteiger partial charge in [0, 0.05) is 26.6 Å². The summed E-state index contributed by atoms with van der Waals surface area (Å²) >= 11 is 0. The van der Waals surface area contributed by atoms with Gasteiger partial charge in [-0.05, 0) is 12.8 Å². The Balaban J connectivity index is 2.20. The van der Waals surface area contributed by atoms with E-state index < -0.39 is 0 Å². The van der Waals surface area contributed by atoms with Crippen LogP contribution in [0.3, 0.4) is 0 Å². The fraction of sp³-hybridized carbons (Fsp3) is 0.833. The third kappa shape index (κ3) is 3.83. The Bertz CT molecular complexity index is 253. The van der Waals surface area contributed by atoms with E-state index in [1.54, 1.807) is 11.8 Å². The fourth-order valence-corrected chi connectivity index (χ4v) is 1.99. The number of amides is 2. The first-order valence-electron chi connectivity index (χ1n) is 6.18. The third-order valence-corrected chi connectivity index (χ3v) is 3.08. The second-order valence-corrected chi connectivity index (χ2v) is 4.45. The number of nitrogens with one attached hydrogen (secondary N) is 1. The van der Waals surface area contributed by atoms with Gasteiger partial charge in [-0.1, -0.05) is 19.8 Å². The number of rotatable bonds is 5. The van der Waals surface area contributed by atoms with Crippen molar-refractivity contribution in [3.05, 3.63) is 0 Å². The summed E-state index contributed by atoms with van der Waals surface area (Å²) < 4.78 is 0. The Morgan fingerprint density at radius 1 is 1.38 bits per heavy atom. The predicted octanol–water partition coefficient (Wildman–Crippen LogP) is 1.16. The largest absolute Gasteiger partial charge is 0.356 e. The molecule has 0 spiro atoms. The van der Waals surface area contributed by atoms with Gasteiger partial charge in [0.15, 0.2) is 0 Å². The molecule has 1 atom stereocenters. The van der Waals surface area contributed by atoms with Crippen LogP contribution in [0.4, 0.5) is 0 Å². The monoisotopic (exact) mass is 226 g/mol. The molecule has 1 N–H and O–H groups in total. The molecule has 1 fully saturated rings. The van der Waals surface area contributed by atoms with Gasteiger partial charge in [0.05, 0.1) is 5.92 Å². The number of hydrogen-bond acceptors (Lipinski definition) is 2. The quantitative estimate of drug-likeness (QED) is 0.715. The van der Waals surface area contributed by atoms with Crippen LogP contribution in [0.15, 0.2) is 0 Å². The molecule has 0 bridgehead atoms. The minimum absolute atomic E-state index is 0.00512. The number of carbonyl (C=O) groups is 2. The molecule has 0 aromatic carbocycles. The molecule has 0 aromatic rings. The van der Waals surface area contributed by atoms with Crippen molar-refractivity contribution in [2.24, 2.45) is 5.92 Å². The molecule has 1 aliphatic rings. The smallest absolute Gasteiger partial charge is 0.224 e. The topological polar surface area (TPSA) is 49.4 Å². The molecular formula is C12H22N2O2. The molecular weight excluding hydrogens is 204 g/mol. The summed E-state index contributed by atoms with van der Waals surface area (Å²) in [7, 11) is 0. The maximum absolute atomic E-state index is 11.7. The van der Waals surface area contributed by atoms with Crippen LogP contribution in [0.5, 0.6) is 0 Å². The standard InChI is InChI=1S/C12H22N2O2/c1-3-4-5-7-13-12(16)11-6-8-14(9-11)10(2)15/h11H,3-9H2,1-2H3,(H,13,16). The number of carbonyl (C=O) groups excluding carboxylic acids is 2. The van der Waals surface area contributed by atoms with Crippen molar-refractivity contribution >= 4 is 11.8 Å². The van der Waals surface area contributed by atoms with Crippen molar-refractivity contribution in [3.63, 3.8) is 0 Å². The maximum atomic E-state index is 11.7. The Morgan fingerprint density at radius 2 is 2.12 bits per heavy atom. The summed E-state index contributed by atoms with van der Waals surface area (Å²) in [6.07, 6.45) is 4.17. The Kier molecular flexibility index (Phi) is 5.29. The van der Waals surface area contributed by atoms with E-state index in [1.165, 1.54) is 0 Å². The van der Waals surface area contributed by atoms with Crippen LogP contribution in [0.2, 0.25) is 0 Å². The Labute approximate surface area is 97.4 Å². The zero-order valence-corrected chi connectivity index (χ0v) is 10.3. The first-order chi connectivity index (χ1) is 7.65. The maximum Gasteiger partial charge on any atom is 0.224 e. The zero-order valence-electron chi connectivity index (χ0n) is 10.3. The van der Waals surface area contributed by atoms with E-state index in [1.807, 2.05) is 0 Å². The van der Waals surface area contributed by atoms with Crippen molar-refractivity contribution in [1.82, 2.24) is 10.2 Å². The molecule has 1 heterocycles. The molecule has 1 unspecified atom stereocenters. The molecule has 92 valence electrons. The summed E-state index contributed by atoms with van der Waals surface area (Å²) in [6.45, 7) is 5.78. The minimum Gasteiger partial charge on any atom is -0.356 e. The van der Waals surface area contributed by atoms with Crippen LogP contribution in [0.1, 0.15) is 39.5 Å². The van der Waals surface area contributed by atoms with Gasteiger partial charge in [-0.15, -0.1) is 0 Å². The minimum atomic E-state index is 0.00512. The average molecular weight is 226 g/mol. The van der Waals surface area contributed by atoms with Gasteiger partial charge in [-0.25, -0.2) is 0 Å². The van der Waals surface area contributed by atoms with Gasteiger partial charge in [-0.2, -0.15) is 0 Å². The molecule has 4 heteroatoms. The lowest BCUT2D eigenvalue weighted by molar-refractivity contribution is -0.128. The summed E-state index contributed by atoms with van der Waals surface area (Å²) in [5.74, 6) is 0.187. The lowest BCUT2D eigenvalue weighted by Gasteiger charge is -2.13. The first-order valence-corrected chi connectivity index (χ1v) is 6.18. The average Bonchev–Trinajstić information content (AvgIpc) is 2.73. The summed E-state index contributed by atoms with van der Waals surface area (Å²) in [4.78, 5) is 24.6. The highest BCUT2D eigenvalue weighted by molar-refractivity contribution is 5.81. The lowest BCUT2D eigenvalue weighted by Crippen LogP contribution is -2.34. The molecule has 0 aliphatic carbocycles. The fourth-order valence-electron chi connectivity index (χ4n) is 1.99. The second kappa shape index (κ2) is 6.51. The van der Waals surface area contributed by atoms with Crippen LogP contribution < -0.4 is 5.32 Å². The van der Waals surface area contributed by atoms with Gasteiger partial charge in [-0.3, -0.25) is 9.59 Å². The zero-order chi connectivity index (χ0) is 12.0. The molecule has 2 amide bonds. The number of nitrogens with zero attached hydrogens (tertiary/aromatic N) is 1. The molecule has 1 aliphatic heterocycles. The van der Waals surface area contributed by atoms with Crippen molar-refractivity contribution < 1.29 is 9.59 Å². The van der Waals surface area contributed by atoms with E-state index in [0.717, 1.165) is 38.8 Å². The molecule has 0 saturated carbocycles. The second-order valence-electron chi connectivity index (χ2n) is 4.45. The van der Waals surface area contributed by atoms with E-state index >= 15 is 0 Å². The van der Waals surface area contributed by atoms with E-state index in [0.29, 0.717) is 6.54 Å². The third-order valence-electron chi connectivity index (χ3n) is 3.08. The number of unbranched alkanes of at least 4 members (excludes halogenated alkanes) is 2. The molecule has 0 aromatic heterocycles. The van der Waals surface area contributed by atoms with E-state index in [2.05, 4.69) is 12.2 Å². The van der Waals surface area contributed by atoms with Crippen molar-refractivity contribution in [3.8, 4) is 0 Å². The van der Waals surface area contributed by atoms with Gasteiger partial charge in [0.2, 0.25) is 11.8 Å². The van der Waals surface area contributed by atoms with Gasteiger partial charge in [0.25, 0.3) is 0 Å². The van der Waals surface area contributed by atoms with Crippen LogP contribution in [-0.2, 0) is 9.59 Å². The number of hydrogen-bond donors (Lipinski definition) is 1. The highest BCUT2D eigenvalue weighted by Gasteiger charge is 2.29. The number of likely N-dealkylation sites (tertiary alicyclic amines) is 1. The van der Waals surface area contributed by atoms with Crippen molar-refractivity contribution in [2.75, 3.05) is 19.6 Å². The molecule has 0 radical (unpaired) electrons. The highest BCUT2D eigenvalue weighted by atomic mass is 16.2. The van der Waals surface area contributed by atoms with E-state index in [4.69, 9.17) is 0 Å². The molecule has 1 saturated heterocycles. The van der Waals surface area contributed by atoms with Crippen LogP contribution in [0.25, 0.3) is 0 Å². The lowest BCUT2D eigenvalue weighted by atomic mass is 10.1. The highest BCUT2D eigenvalue weighted by Crippen LogP contribution is 2.16. The predicted molar refractivity (Wildman–Crippen MR) is 62.9 cm³/mol. The molecule has 4 nitrogen and oxygen atoms in total. The van der Waals surface area contributed by atoms with Crippen molar-refractivity contribution in [1.29, 1.82) is 0 Å². The van der Waals surface area contributed by atoms with E-state index in [-0.39, 0.29) is 17.7 Å². The Morgan fingerprint density at radius 3 is 2.69 bits per heavy atom. The van der Waals surface area contributed by atoms with Gasteiger partial charge in [0.1, 0.15) is 0 Å². The first kappa shape index (κ1) is 13.0. The molecule has 16 heavy (non-hydrogen) atoms. The van der Waals surface area contributed by atoms with Crippen LogP contribution in [-0.4, -0.2) is 36.3 Å². The van der Waals surface area contributed by atoms with E-state index in [9.17, 15) is 9.59 Å². The SMILES string of the molecule is CCCCCNC(=O)C1CCN(C(C)=O)C1. The van der Waals surface area contributed by atoms with Crippen LogP contribution >= 0.6 is 0 Å². The van der Waals surface area contributed by atoms with Gasteiger partial charge >= 0.3 is 0 Å². The van der Waals surface area contributed by atoms with Gasteiger partial charge < -0.3 is 10.2 Å². The van der Waals surface area contributed by atoms with Crippen molar-refractivity contribution in [2.45, 2.75) is 39.5 Å². The Hall–Kier alpha value is -1.06. The van der Waals surface area contributed by atoms with Crippen LogP contribution in [0, 0.1) is 5.92 Å². The molecule has 1 rings (SSSR count).